The number of hydrogen-bond donors (Lipinski definition) is 1. The Labute approximate surface area is 98.4 Å². The highest BCUT2D eigenvalue weighted by Crippen LogP contribution is 2.22. The Balaban J connectivity index is 2.75. The Morgan fingerprint density at radius 2 is 2.25 bits per heavy atom. The summed E-state index contributed by atoms with van der Waals surface area (Å²) >= 11 is 5.61. The average molecular weight is 246 g/mol. The van der Waals surface area contributed by atoms with Crippen LogP contribution >= 0.6 is 11.6 Å². The van der Waals surface area contributed by atoms with Crippen LogP contribution in [0.4, 0.5) is 10.1 Å². The van der Waals surface area contributed by atoms with Crippen LogP contribution in [-0.2, 0) is 4.79 Å². The predicted molar refractivity (Wildman–Crippen MR) is 61.1 cm³/mol. The van der Waals surface area contributed by atoms with Crippen molar-refractivity contribution in [3.05, 3.63) is 29.0 Å². The van der Waals surface area contributed by atoms with Crippen LogP contribution in [0.1, 0.15) is 12.8 Å². The number of carbonyl (C=O) groups excluding carboxylic acids is 1. The highest BCUT2D eigenvalue weighted by Gasteiger charge is 2.11. The second-order valence-electron chi connectivity index (χ2n) is 3.38. The van der Waals surface area contributed by atoms with Gasteiger partial charge < -0.3 is 10.0 Å². The van der Waals surface area contributed by atoms with Crippen LogP contribution < -0.4 is 4.90 Å². The van der Waals surface area contributed by atoms with E-state index in [-0.39, 0.29) is 24.0 Å². The number of aliphatic hydroxyl groups is 1. The van der Waals surface area contributed by atoms with Gasteiger partial charge in [-0.25, -0.2) is 4.39 Å². The molecule has 1 aromatic carbocycles. The van der Waals surface area contributed by atoms with E-state index in [0.29, 0.717) is 12.1 Å². The van der Waals surface area contributed by atoms with Crippen LogP contribution in [0.2, 0.25) is 5.02 Å². The van der Waals surface area contributed by atoms with Crippen molar-refractivity contribution in [2.24, 2.45) is 0 Å². The molecule has 1 N–H and O–H groups in total. The van der Waals surface area contributed by atoms with Gasteiger partial charge in [0.05, 0.1) is 5.02 Å². The molecule has 88 valence electrons. The molecule has 0 aliphatic heterocycles. The number of halogens is 2. The lowest BCUT2D eigenvalue weighted by molar-refractivity contribution is -0.118. The third kappa shape index (κ3) is 3.18. The maximum absolute atomic E-state index is 12.9. The van der Waals surface area contributed by atoms with Crippen molar-refractivity contribution in [2.75, 3.05) is 18.6 Å². The molecule has 16 heavy (non-hydrogen) atoms. The van der Waals surface area contributed by atoms with Gasteiger partial charge in [-0.2, -0.15) is 0 Å². The number of carbonyl (C=O) groups is 1. The van der Waals surface area contributed by atoms with Gasteiger partial charge in [0.25, 0.3) is 0 Å². The molecule has 0 saturated carbocycles. The normalized spacial score (nSPS) is 10.2. The van der Waals surface area contributed by atoms with Gasteiger partial charge in [0.1, 0.15) is 5.82 Å². The van der Waals surface area contributed by atoms with E-state index in [1.165, 1.54) is 23.1 Å². The number of anilines is 1. The molecule has 0 saturated heterocycles. The van der Waals surface area contributed by atoms with Gasteiger partial charge >= 0.3 is 0 Å². The van der Waals surface area contributed by atoms with Crippen molar-refractivity contribution >= 4 is 23.2 Å². The molecule has 1 aromatic rings. The van der Waals surface area contributed by atoms with E-state index in [4.69, 9.17) is 16.7 Å². The van der Waals surface area contributed by atoms with Crippen LogP contribution in [0.5, 0.6) is 0 Å². The zero-order valence-corrected chi connectivity index (χ0v) is 9.67. The summed E-state index contributed by atoms with van der Waals surface area (Å²) in [6.45, 7) is -0.0241. The van der Waals surface area contributed by atoms with Gasteiger partial charge in [-0.1, -0.05) is 11.6 Å². The van der Waals surface area contributed by atoms with Crippen molar-refractivity contribution in [1.82, 2.24) is 0 Å². The zero-order chi connectivity index (χ0) is 12.1. The largest absolute Gasteiger partial charge is 0.396 e. The first kappa shape index (κ1) is 12.9. The molecule has 0 aliphatic rings. The second kappa shape index (κ2) is 5.82. The summed E-state index contributed by atoms with van der Waals surface area (Å²) in [6, 6.07) is 4.10. The lowest BCUT2D eigenvalue weighted by Gasteiger charge is -2.17. The summed E-state index contributed by atoms with van der Waals surface area (Å²) in [5.74, 6) is -0.654. The molecule has 0 fully saturated rings. The molecule has 0 heterocycles. The van der Waals surface area contributed by atoms with E-state index in [2.05, 4.69) is 0 Å². The van der Waals surface area contributed by atoms with E-state index in [1.807, 2.05) is 0 Å². The summed E-state index contributed by atoms with van der Waals surface area (Å²) < 4.78 is 12.9. The van der Waals surface area contributed by atoms with Crippen LogP contribution in [0, 0.1) is 5.82 Å². The molecule has 0 aromatic heterocycles. The molecule has 0 radical (unpaired) electrons. The number of rotatable bonds is 4. The molecule has 0 unspecified atom stereocenters. The zero-order valence-electron chi connectivity index (χ0n) is 8.91. The van der Waals surface area contributed by atoms with Gasteiger partial charge in [0.15, 0.2) is 0 Å². The Bertz CT molecular complexity index is 384. The van der Waals surface area contributed by atoms with Gasteiger partial charge in [-0.15, -0.1) is 0 Å². The SMILES string of the molecule is CN(C(=O)CCCO)c1ccc(F)c(Cl)c1. The van der Waals surface area contributed by atoms with Crippen molar-refractivity contribution in [3.8, 4) is 0 Å². The summed E-state index contributed by atoms with van der Waals surface area (Å²) in [6.07, 6.45) is 0.667. The Morgan fingerprint density at radius 3 is 2.81 bits per heavy atom. The highest BCUT2D eigenvalue weighted by atomic mass is 35.5. The fourth-order valence-corrected chi connectivity index (χ4v) is 1.41. The van der Waals surface area contributed by atoms with E-state index < -0.39 is 5.82 Å². The molecule has 5 heteroatoms. The number of nitrogens with zero attached hydrogens (tertiary/aromatic N) is 1. The molecule has 0 spiro atoms. The van der Waals surface area contributed by atoms with E-state index >= 15 is 0 Å². The van der Waals surface area contributed by atoms with Crippen LogP contribution in [0.15, 0.2) is 18.2 Å². The molecule has 0 atom stereocenters. The summed E-state index contributed by atoms with van der Waals surface area (Å²) in [5, 5.41) is 8.59. The van der Waals surface area contributed by atoms with Crippen LogP contribution in [0.25, 0.3) is 0 Å². The maximum Gasteiger partial charge on any atom is 0.226 e. The van der Waals surface area contributed by atoms with Gasteiger partial charge in [-0.05, 0) is 24.6 Å². The fraction of sp³-hybridized carbons (Fsp3) is 0.364. The van der Waals surface area contributed by atoms with Gasteiger partial charge in [0.2, 0.25) is 5.91 Å². The minimum absolute atomic E-state index is 0.0145. The molecule has 0 bridgehead atoms. The molecular formula is C11H13ClFNO2. The quantitative estimate of drug-likeness (QED) is 0.884. The Morgan fingerprint density at radius 1 is 1.56 bits per heavy atom. The first-order chi connectivity index (χ1) is 7.56. The molecule has 3 nitrogen and oxygen atoms in total. The van der Waals surface area contributed by atoms with Crippen molar-refractivity contribution in [1.29, 1.82) is 0 Å². The Hall–Kier alpha value is -1.13. The standard InChI is InChI=1S/C11H13ClFNO2/c1-14(11(16)3-2-6-15)8-4-5-10(13)9(12)7-8/h4-5,7,15H,2-3,6H2,1H3. The predicted octanol–water partition coefficient (Wildman–Crippen LogP) is 2.21. The van der Waals surface area contributed by atoms with Gasteiger partial charge in [0, 0.05) is 25.8 Å². The minimum Gasteiger partial charge on any atom is -0.396 e. The maximum atomic E-state index is 12.9. The number of amides is 1. The van der Waals surface area contributed by atoms with E-state index in [0.717, 1.165) is 0 Å². The number of benzene rings is 1. The third-order valence-corrected chi connectivity index (χ3v) is 2.50. The molecule has 1 rings (SSSR count). The molecule has 0 aliphatic carbocycles. The number of hydrogen-bond acceptors (Lipinski definition) is 2. The van der Waals surface area contributed by atoms with Crippen molar-refractivity contribution in [2.45, 2.75) is 12.8 Å². The highest BCUT2D eigenvalue weighted by molar-refractivity contribution is 6.31. The van der Waals surface area contributed by atoms with Crippen molar-refractivity contribution in [3.63, 3.8) is 0 Å². The average Bonchev–Trinajstić information content (AvgIpc) is 2.28. The minimum atomic E-state index is -0.512. The van der Waals surface area contributed by atoms with E-state index in [9.17, 15) is 9.18 Å². The summed E-state index contributed by atoms with van der Waals surface area (Å²) in [4.78, 5) is 13.0. The second-order valence-corrected chi connectivity index (χ2v) is 3.79. The van der Waals surface area contributed by atoms with Crippen LogP contribution in [0.3, 0.4) is 0 Å². The smallest absolute Gasteiger partial charge is 0.226 e. The lowest BCUT2D eigenvalue weighted by atomic mass is 10.2. The van der Waals surface area contributed by atoms with Crippen molar-refractivity contribution < 1.29 is 14.3 Å². The van der Waals surface area contributed by atoms with Gasteiger partial charge in [-0.3, -0.25) is 4.79 Å². The number of aliphatic hydroxyl groups excluding tert-OH is 1. The lowest BCUT2D eigenvalue weighted by Crippen LogP contribution is -2.26. The topological polar surface area (TPSA) is 40.5 Å². The third-order valence-electron chi connectivity index (χ3n) is 2.21. The first-order valence-electron chi connectivity index (χ1n) is 4.88. The Kier molecular flexibility index (Phi) is 4.71. The fourth-order valence-electron chi connectivity index (χ4n) is 1.24. The monoisotopic (exact) mass is 245 g/mol. The van der Waals surface area contributed by atoms with Crippen LogP contribution in [-0.4, -0.2) is 24.7 Å². The molecular weight excluding hydrogens is 233 g/mol. The summed E-state index contributed by atoms with van der Waals surface area (Å²) in [7, 11) is 1.59. The summed E-state index contributed by atoms with van der Waals surface area (Å²) in [5.41, 5.74) is 0.536. The van der Waals surface area contributed by atoms with E-state index in [1.54, 1.807) is 7.05 Å². The first-order valence-corrected chi connectivity index (χ1v) is 5.26. The molecule has 1 amide bonds.